The maximum Gasteiger partial charge on any atom is 0.315 e. The van der Waals surface area contributed by atoms with E-state index in [1.165, 1.54) is 0 Å². The first kappa shape index (κ1) is 29.2. The van der Waals surface area contributed by atoms with Crippen molar-refractivity contribution in [2.45, 2.75) is 49.7 Å². The Morgan fingerprint density at radius 2 is 1.73 bits per heavy atom. The topological polar surface area (TPSA) is 190 Å². The lowest BCUT2D eigenvalue weighted by molar-refractivity contribution is -0.147. The Morgan fingerprint density at radius 3 is 2.45 bits per heavy atom. The molecule has 0 bridgehead atoms. The maximum absolute atomic E-state index is 14.2. The fourth-order valence-electron chi connectivity index (χ4n) is 5.49. The summed E-state index contributed by atoms with van der Waals surface area (Å²) in [5, 5.41) is 6.92. The average Bonchev–Trinajstić information content (AvgIpc) is 2.95. The smallest absolute Gasteiger partial charge is 0.315 e. The Labute approximate surface area is 235 Å². The van der Waals surface area contributed by atoms with Crippen molar-refractivity contribution in [2.75, 3.05) is 19.0 Å². The lowest BCUT2D eigenvalue weighted by atomic mass is 9.77. The molecule has 4 rings (SSSR count). The summed E-state index contributed by atoms with van der Waals surface area (Å²) < 4.78 is 33.5. The zero-order valence-corrected chi connectivity index (χ0v) is 22.9. The van der Waals surface area contributed by atoms with Crippen molar-refractivity contribution >= 4 is 33.5 Å². The van der Waals surface area contributed by atoms with Crippen LogP contribution in [0.3, 0.4) is 0 Å². The van der Waals surface area contributed by atoms with Crippen molar-refractivity contribution in [3.63, 3.8) is 0 Å². The van der Waals surface area contributed by atoms with Crippen molar-refractivity contribution in [3.8, 4) is 0 Å². The number of nitrogens with zero attached hydrogens (tertiary/aromatic N) is 7. The number of nitrogens with one attached hydrogen (secondary N) is 1. The molecule has 1 saturated carbocycles. The number of benzene rings is 2. The summed E-state index contributed by atoms with van der Waals surface area (Å²) in [5.41, 5.74) is 18.4. The van der Waals surface area contributed by atoms with Crippen LogP contribution in [0.2, 0.25) is 5.02 Å². The standard InChI is InChI=1S/C25H27ClN8O5S/c26-19-10-4-3-9-18(19)23-22(25(36)39-14-13-29-32-27)16-7-1-2-8-17(16)24(35)34(23)21-12-6-5-11-20(21)31-40(37,38)15-30-33-28/h1-4,7-10,20-23,31H,5-6,11-15H2. The van der Waals surface area contributed by atoms with Crippen molar-refractivity contribution in [2.24, 2.45) is 10.2 Å². The number of fused-ring (bicyclic) bond motifs is 1. The number of carbonyl (C=O) groups is 2. The van der Waals surface area contributed by atoms with Gasteiger partial charge in [0.15, 0.2) is 0 Å². The first-order chi connectivity index (χ1) is 19.3. The number of hydrogen-bond acceptors (Lipinski definition) is 7. The molecule has 0 radical (unpaired) electrons. The Hall–Kier alpha value is -3.80. The first-order valence-corrected chi connectivity index (χ1v) is 14.7. The number of amides is 1. The number of esters is 1. The fraction of sp³-hybridized carbons (Fsp3) is 0.440. The van der Waals surface area contributed by atoms with Crippen LogP contribution >= 0.6 is 11.6 Å². The van der Waals surface area contributed by atoms with Gasteiger partial charge >= 0.3 is 5.97 Å². The zero-order chi connectivity index (χ0) is 28.7. The van der Waals surface area contributed by atoms with Gasteiger partial charge in [0, 0.05) is 32.5 Å². The molecule has 2 aromatic carbocycles. The minimum atomic E-state index is -4.00. The summed E-state index contributed by atoms with van der Waals surface area (Å²) in [6.45, 7) is -0.219. The highest BCUT2D eigenvalue weighted by Gasteiger charge is 2.50. The number of halogens is 1. The number of sulfonamides is 1. The summed E-state index contributed by atoms with van der Waals surface area (Å²) in [7, 11) is -4.00. The molecule has 0 aromatic heterocycles. The Kier molecular flexibility index (Phi) is 9.51. The quantitative estimate of drug-likeness (QED) is 0.135. The van der Waals surface area contributed by atoms with Crippen LogP contribution in [0, 0.1) is 0 Å². The van der Waals surface area contributed by atoms with Gasteiger partial charge in [-0.1, -0.05) is 71.1 Å². The molecular weight excluding hydrogens is 560 g/mol. The lowest BCUT2D eigenvalue weighted by Gasteiger charge is -2.49. The zero-order valence-electron chi connectivity index (χ0n) is 21.3. The SMILES string of the molecule is [N-]=[N+]=NCCOC(=O)C1c2ccccc2C(=O)N(C2CCCCC2NS(=O)(=O)CN=[N+]=[N-])C1c1ccccc1Cl. The van der Waals surface area contributed by atoms with Crippen LogP contribution < -0.4 is 4.72 Å². The third kappa shape index (κ3) is 6.33. The van der Waals surface area contributed by atoms with Gasteiger partial charge in [-0.2, -0.15) is 0 Å². The summed E-state index contributed by atoms with van der Waals surface area (Å²) in [6, 6.07) is 11.3. The Balaban J connectivity index is 1.85. The Bertz CT molecular complexity index is 1480. The molecule has 1 N–H and O–H groups in total. The second-order valence-corrected chi connectivity index (χ2v) is 11.5. The number of rotatable bonds is 10. The van der Waals surface area contributed by atoms with E-state index in [1.54, 1.807) is 53.4 Å². The highest BCUT2D eigenvalue weighted by atomic mass is 35.5. The highest BCUT2D eigenvalue weighted by molar-refractivity contribution is 7.89. The van der Waals surface area contributed by atoms with E-state index in [1.807, 2.05) is 0 Å². The summed E-state index contributed by atoms with van der Waals surface area (Å²) >= 11 is 6.65. The van der Waals surface area contributed by atoms with E-state index < -0.39 is 45.9 Å². The molecule has 4 atom stereocenters. The molecule has 1 heterocycles. The molecule has 40 heavy (non-hydrogen) atoms. The normalized spacial score (nSPS) is 22.4. The number of hydrogen-bond donors (Lipinski definition) is 1. The van der Waals surface area contributed by atoms with Gasteiger partial charge in [0.25, 0.3) is 5.91 Å². The third-order valence-corrected chi connectivity index (χ3v) is 8.52. The van der Waals surface area contributed by atoms with Gasteiger partial charge in [-0.05, 0) is 47.2 Å². The molecule has 1 aliphatic carbocycles. The molecule has 210 valence electrons. The highest BCUT2D eigenvalue weighted by Crippen LogP contribution is 2.47. The van der Waals surface area contributed by atoms with Crippen molar-refractivity contribution in [1.82, 2.24) is 9.62 Å². The van der Waals surface area contributed by atoms with Crippen LogP contribution in [0.4, 0.5) is 0 Å². The molecule has 1 aliphatic heterocycles. The van der Waals surface area contributed by atoms with Crippen molar-refractivity contribution in [1.29, 1.82) is 0 Å². The van der Waals surface area contributed by atoms with Crippen molar-refractivity contribution < 1.29 is 22.7 Å². The second kappa shape index (κ2) is 13.0. The molecule has 4 unspecified atom stereocenters. The first-order valence-electron chi connectivity index (χ1n) is 12.6. The molecular formula is C25H27ClN8O5S. The average molecular weight is 587 g/mol. The number of azide groups is 2. The van der Waals surface area contributed by atoms with E-state index in [4.69, 9.17) is 27.4 Å². The van der Waals surface area contributed by atoms with Gasteiger partial charge in [-0.3, -0.25) is 9.59 Å². The Morgan fingerprint density at radius 1 is 1.05 bits per heavy atom. The third-order valence-electron chi connectivity index (χ3n) is 7.06. The molecule has 13 nitrogen and oxygen atoms in total. The predicted molar refractivity (Wildman–Crippen MR) is 147 cm³/mol. The molecule has 1 amide bonds. The van der Waals surface area contributed by atoms with Gasteiger partial charge in [0.2, 0.25) is 10.0 Å². The van der Waals surface area contributed by atoms with Crippen LogP contribution in [0.1, 0.15) is 59.1 Å². The predicted octanol–water partition coefficient (Wildman–Crippen LogP) is 4.97. The van der Waals surface area contributed by atoms with E-state index >= 15 is 0 Å². The van der Waals surface area contributed by atoms with E-state index in [2.05, 4.69) is 24.8 Å². The number of carbonyl (C=O) groups excluding carboxylic acids is 2. The van der Waals surface area contributed by atoms with Crippen LogP contribution in [-0.2, 0) is 19.6 Å². The lowest BCUT2D eigenvalue weighted by Crippen LogP contribution is -2.59. The monoisotopic (exact) mass is 586 g/mol. The van der Waals surface area contributed by atoms with Gasteiger partial charge in [-0.15, -0.1) is 0 Å². The molecule has 1 fully saturated rings. The van der Waals surface area contributed by atoms with E-state index in [0.29, 0.717) is 41.0 Å². The molecule has 0 spiro atoms. The summed E-state index contributed by atoms with van der Waals surface area (Å²) in [5.74, 6) is -2.79. The molecule has 0 saturated heterocycles. The maximum atomic E-state index is 14.2. The molecule has 15 heteroatoms. The van der Waals surface area contributed by atoms with Gasteiger partial charge < -0.3 is 9.64 Å². The number of ether oxygens (including phenoxy) is 1. The van der Waals surface area contributed by atoms with E-state index in [-0.39, 0.29) is 19.1 Å². The summed E-state index contributed by atoms with van der Waals surface area (Å²) in [6.07, 6.45) is 2.33. The largest absolute Gasteiger partial charge is 0.465 e. The van der Waals surface area contributed by atoms with Crippen LogP contribution in [-0.4, -0.2) is 56.3 Å². The van der Waals surface area contributed by atoms with Crippen molar-refractivity contribution in [3.05, 3.63) is 91.1 Å². The van der Waals surface area contributed by atoms with Crippen LogP contribution in [0.15, 0.2) is 58.8 Å². The van der Waals surface area contributed by atoms with Crippen LogP contribution in [0.5, 0.6) is 0 Å². The van der Waals surface area contributed by atoms with Gasteiger partial charge in [-0.25, -0.2) is 13.1 Å². The minimum Gasteiger partial charge on any atom is -0.465 e. The van der Waals surface area contributed by atoms with Gasteiger partial charge in [0.05, 0.1) is 19.2 Å². The van der Waals surface area contributed by atoms with Gasteiger partial charge in [0.1, 0.15) is 11.8 Å². The fourth-order valence-corrected chi connectivity index (χ4v) is 6.75. The van der Waals surface area contributed by atoms with E-state index in [0.717, 1.165) is 6.42 Å². The molecule has 2 aliphatic rings. The minimum absolute atomic E-state index is 0.0618. The summed E-state index contributed by atoms with van der Waals surface area (Å²) in [4.78, 5) is 34.6. The molecule has 2 aromatic rings. The van der Waals surface area contributed by atoms with Crippen LogP contribution in [0.25, 0.3) is 20.9 Å². The second-order valence-electron chi connectivity index (χ2n) is 9.42. The van der Waals surface area contributed by atoms with E-state index in [9.17, 15) is 18.0 Å².